The van der Waals surface area contributed by atoms with Crippen LogP contribution in [0.1, 0.15) is 66.7 Å². The zero-order chi connectivity index (χ0) is 19.0. The van der Waals surface area contributed by atoms with Gasteiger partial charge in [0.15, 0.2) is 11.5 Å². The summed E-state index contributed by atoms with van der Waals surface area (Å²) in [4.78, 5) is 23.7. The summed E-state index contributed by atoms with van der Waals surface area (Å²) in [6.45, 7) is 9.94. The normalized spacial score (nSPS) is 16.3. The van der Waals surface area contributed by atoms with Gasteiger partial charge >= 0.3 is 0 Å². The lowest BCUT2D eigenvalue weighted by atomic mass is 9.93. The Morgan fingerprint density at radius 2 is 1.52 bits per heavy atom. The molecule has 25 heavy (non-hydrogen) atoms. The van der Waals surface area contributed by atoms with Crippen LogP contribution in [0.5, 0.6) is 0 Å². The standard InChI is InChI=1S/C22H30O3/c1-15(2)8-6-9-16(3)10-7-11-17(4)12-13-19-20(23)14-18(5)21(24)22(19)25/h8,10,12,14,25H,6-7,9,11,13H2,1-5H3/b16-10+,17-12+. The highest BCUT2D eigenvalue weighted by molar-refractivity contribution is 6.21. The smallest absolute Gasteiger partial charge is 0.223 e. The number of hydrogen-bond acceptors (Lipinski definition) is 3. The third kappa shape index (κ3) is 7.08. The van der Waals surface area contributed by atoms with Gasteiger partial charge in [0, 0.05) is 11.1 Å². The summed E-state index contributed by atoms with van der Waals surface area (Å²) in [6, 6.07) is 0. The minimum Gasteiger partial charge on any atom is -0.504 e. The van der Waals surface area contributed by atoms with Crippen LogP contribution in [-0.4, -0.2) is 16.7 Å². The molecule has 3 nitrogen and oxygen atoms in total. The second-order valence-electron chi connectivity index (χ2n) is 7.01. The lowest BCUT2D eigenvalue weighted by Gasteiger charge is -2.11. The molecule has 1 aliphatic rings. The van der Waals surface area contributed by atoms with Crippen LogP contribution in [0.2, 0.25) is 0 Å². The number of aliphatic hydroxyl groups is 1. The third-order valence-electron chi connectivity index (χ3n) is 4.28. The van der Waals surface area contributed by atoms with E-state index in [1.54, 1.807) is 6.92 Å². The van der Waals surface area contributed by atoms with Gasteiger partial charge in [0.1, 0.15) is 0 Å². The monoisotopic (exact) mass is 342 g/mol. The number of Topliss-reactive ketones (excluding diaryl/α,β-unsaturated/α-hetero) is 1. The summed E-state index contributed by atoms with van der Waals surface area (Å²) >= 11 is 0. The first-order chi connectivity index (χ1) is 11.7. The van der Waals surface area contributed by atoms with Gasteiger partial charge in [0.25, 0.3) is 0 Å². The number of carbonyl (C=O) groups excluding carboxylic acids is 2. The number of ketones is 2. The van der Waals surface area contributed by atoms with Crippen molar-refractivity contribution in [3.8, 4) is 0 Å². The van der Waals surface area contributed by atoms with Crippen molar-refractivity contribution in [2.45, 2.75) is 66.7 Å². The second-order valence-corrected chi connectivity index (χ2v) is 7.01. The molecule has 1 rings (SSSR count). The molecule has 0 aliphatic heterocycles. The summed E-state index contributed by atoms with van der Waals surface area (Å²) in [5.41, 5.74) is 4.38. The molecular weight excluding hydrogens is 312 g/mol. The first-order valence-corrected chi connectivity index (χ1v) is 8.86. The van der Waals surface area contributed by atoms with Crippen molar-refractivity contribution in [3.63, 3.8) is 0 Å². The fraction of sp³-hybridized carbons (Fsp3) is 0.455. The van der Waals surface area contributed by atoms with Crippen LogP contribution in [0.15, 0.2) is 57.9 Å². The van der Waals surface area contributed by atoms with Crippen LogP contribution in [-0.2, 0) is 9.59 Å². The van der Waals surface area contributed by atoms with Gasteiger partial charge in [-0.05, 0) is 72.8 Å². The largest absolute Gasteiger partial charge is 0.504 e. The van der Waals surface area contributed by atoms with Gasteiger partial charge < -0.3 is 5.11 Å². The molecule has 1 N–H and O–H groups in total. The minimum atomic E-state index is -0.449. The van der Waals surface area contributed by atoms with Crippen molar-refractivity contribution in [3.05, 3.63) is 57.9 Å². The minimum absolute atomic E-state index is 0.198. The first-order valence-electron chi connectivity index (χ1n) is 8.86. The van der Waals surface area contributed by atoms with Crippen molar-refractivity contribution in [2.24, 2.45) is 0 Å². The zero-order valence-corrected chi connectivity index (χ0v) is 16.1. The van der Waals surface area contributed by atoms with Crippen LogP contribution in [0.4, 0.5) is 0 Å². The van der Waals surface area contributed by atoms with Gasteiger partial charge in [-0.3, -0.25) is 9.59 Å². The SMILES string of the molecule is CC(C)=CCC/C(C)=C/CC/C(C)=C/CC1=C(O)C(=O)C(C)=CC1=O. The van der Waals surface area contributed by atoms with E-state index in [0.29, 0.717) is 12.0 Å². The Balaban J connectivity index is 2.53. The van der Waals surface area contributed by atoms with E-state index in [9.17, 15) is 14.7 Å². The van der Waals surface area contributed by atoms with E-state index in [4.69, 9.17) is 0 Å². The second kappa shape index (κ2) is 9.97. The molecule has 1 aliphatic carbocycles. The molecule has 136 valence electrons. The van der Waals surface area contributed by atoms with Crippen molar-refractivity contribution >= 4 is 11.6 Å². The van der Waals surface area contributed by atoms with E-state index in [1.165, 1.54) is 17.2 Å². The molecule has 0 saturated carbocycles. The van der Waals surface area contributed by atoms with Gasteiger partial charge in [-0.2, -0.15) is 0 Å². The molecule has 0 aromatic rings. The zero-order valence-electron chi connectivity index (χ0n) is 16.1. The average Bonchev–Trinajstić information content (AvgIpc) is 2.52. The average molecular weight is 342 g/mol. The molecule has 0 aromatic carbocycles. The highest BCUT2D eigenvalue weighted by atomic mass is 16.3. The number of hydrogen-bond donors (Lipinski definition) is 1. The Hall–Kier alpha value is -2.16. The summed E-state index contributed by atoms with van der Waals surface area (Å²) in [5, 5.41) is 9.89. The van der Waals surface area contributed by atoms with Crippen molar-refractivity contribution in [1.29, 1.82) is 0 Å². The molecule has 0 saturated heterocycles. The van der Waals surface area contributed by atoms with E-state index in [2.05, 4.69) is 32.9 Å². The van der Waals surface area contributed by atoms with E-state index in [0.717, 1.165) is 31.3 Å². The van der Waals surface area contributed by atoms with Gasteiger partial charge in [-0.25, -0.2) is 0 Å². The van der Waals surface area contributed by atoms with Crippen LogP contribution < -0.4 is 0 Å². The summed E-state index contributed by atoms with van der Waals surface area (Å²) in [7, 11) is 0. The maximum absolute atomic E-state index is 11.9. The fourth-order valence-electron chi connectivity index (χ4n) is 2.60. The molecule has 0 aromatic heterocycles. The number of rotatable bonds is 8. The fourth-order valence-corrected chi connectivity index (χ4v) is 2.60. The lowest BCUT2D eigenvalue weighted by molar-refractivity contribution is -0.117. The Bertz CT molecular complexity index is 678. The molecule has 0 unspecified atom stereocenters. The molecule has 3 heteroatoms. The van der Waals surface area contributed by atoms with Gasteiger partial charge in [-0.15, -0.1) is 0 Å². The topological polar surface area (TPSA) is 54.4 Å². The summed E-state index contributed by atoms with van der Waals surface area (Å²) < 4.78 is 0. The first kappa shape index (κ1) is 20.9. The predicted octanol–water partition coefficient (Wildman–Crippen LogP) is 5.71. The molecule has 0 heterocycles. The maximum Gasteiger partial charge on any atom is 0.223 e. The van der Waals surface area contributed by atoms with Gasteiger partial charge in [0.2, 0.25) is 5.78 Å². The summed E-state index contributed by atoms with van der Waals surface area (Å²) in [5.74, 6) is -1.12. The summed E-state index contributed by atoms with van der Waals surface area (Å²) in [6.07, 6.45) is 12.1. The number of aliphatic hydroxyl groups excluding tert-OH is 1. The highest BCUT2D eigenvalue weighted by Gasteiger charge is 2.24. The highest BCUT2D eigenvalue weighted by Crippen LogP contribution is 2.21. The van der Waals surface area contributed by atoms with Crippen molar-refractivity contribution in [2.75, 3.05) is 0 Å². The third-order valence-corrected chi connectivity index (χ3v) is 4.28. The Morgan fingerprint density at radius 1 is 0.960 bits per heavy atom. The molecule has 0 spiro atoms. The van der Waals surface area contributed by atoms with E-state index < -0.39 is 11.5 Å². The molecular formula is C22H30O3. The Kier molecular flexibility index (Phi) is 8.33. The van der Waals surface area contributed by atoms with Crippen LogP contribution in [0.25, 0.3) is 0 Å². The van der Waals surface area contributed by atoms with Gasteiger partial charge in [0.05, 0.1) is 0 Å². The Labute approximate surface area is 151 Å². The van der Waals surface area contributed by atoms with Crippen molar-refractivity contribution in [1.82, 2.24) is 0 Å². The molecule has 0 fully saturated rings. The molecule has 0 amide bonds. The van der Waals surface area contributed by atoms with Crippen molar-refractivity contribution < 1.29 is 14.7 Å². The van der Waals surface area contributed by atoms with Crippen LogP contribution in [0.3, 0.4) is 0 Å². The quantitative estimate of drug-likeness (QED) is 0.454. The van der Waals surface area contributed by atoms with E-state index in [-0.39, 0.29) is 11.4 Å². The van der Waals surface area contributed by atoms with Gasteiger partial charge in [-0.1, -0.05) is 34.9 Å². The Morgan fingerprint density at radius 3 is 2.12 bits per heavy atom. The van der Waals surface area contributed by atoms with Crippen LogP contribution >= 0.6 is 0 Å². The lowest BCUT2D eigenvalue weighted by Crippen LogP contribution is -2.17. The van der Waals surface area contributed by atoms with Crippen LogP contribution in [0, 0.1) is 0 Å². The number of carbonyl (C=O) groups is 2. The molecule has 0 bridgehead atoms. The van der Waals surface area contributed by atoms with E-state index >= 15 is 0 Å². The predicted molar refractivity (Wildman–Crippen MR) is 103 cm³/mol. The molecule has 0 atom stereocenters. The molecule has 0 radical (unpaired) electrons. The maximum atomic E-state index is 11.9. The number of allylic oxidation sites excluding steroid dienone is 9. The van der Waals surface area contributed by atoms with E-state index in [1.807, 2.05) is 13.0 Å².